The zero-order chi connectivity index (χ0) is 18.5. The van der Waals surface area contributed by atoms with Gasteiger partial charge in [-0.25, -0.2) is 13.1 Å². The van der Waals surface area contributed by atoms with E-state index in [0.717, 1.165) is 5.56 Å². The summed E-state index contributed by atoms with van der Waals surface area (Å²) in [5.41, 5.74) is 0.206. The molecule has 1 atom stereocenters. The van der Waals surface area contributed by atoms with Crippen molar-refractivity contribution in [2.45, 2.75) is 38.6 Å². The molecule has 0 bridgehead atoms. The van der Waals surface area contributed by atoms with E-state index >= 15 is 0 Å². The van der Waals surface area contributed by atoms with Crippen LogP contribution in [0.2, 0.25) is 0 Å². The Bertz CT molecular complexity index is 755. The molecule has 136 valence electrons. The van der Waals surface area contributed by atoms with Crippen molar-refractivity contribution < 1.29 is 18.0 Å². The van der Waals surface area contributed by atoms with Crippen LogP contribution in [-0.2, 0) is 25.2 Å². The number of hydrogen-bond donors (Lipinski definition) is 2. The van der Waals surface area contributed by atoms with Gasteiger partial charge in [0, 0.05) is 6.42 Å². The summed E-state index contributed by atoms with van der Waals surface area (Å²) >= 11 is 0. The Balaban J connectivity index is 1.82. The maximum atomic E-state index is 12.3. The van der Waals surface area contributed by atoms with E-state index in [-0.39, 0.29) is 29.9 Å². The third-order valence-corrected chi connectivity index (χ3v) is 5.71. The first kappa shape index (κ1) is 19.3. The number of amides is 2. The molecule has 25 heavy (non-hydrogen) atoms. The lowest BCUT2D eigenvalue weighted by atomic mass is 9.96. The van der Waals surface area contributed by atoms with Gasteiger partial charge in [-0.15, -0.1) is 0 Å². The van der Waals surface area contributed by atoms with Crippen molar-refractivity contribution in [2.75, 3.05) is 5.75 Å². The van der Waals surface area contributed by atoms with E-state index in [1.165, 1.54) is 0 Å². The largest absolute Gasteiger partial charge is 0.296 e. The van der Waals surface area contributed by atoms with Crippen LogP contribution in [0.1, 0.15) is 38.7 Å². The van der Waals surface area contributed by atoms with Gasteiger partial charge in [0.2, 0.25) is 21.8 Å². The monoisotopic (exact) mass is 364 g/mol. The molecule has 0 radical (unpaired) electrons. The second-order valence-corrected chi connectivity index (χ2v) is 8.56. The van der Waals surface area contributed by atoms with Crippen molar-refractivity contribution in [1.29, 1.82) is 0 Å². The van der Waals surface area contributed by atoms with Gasteiger partial charge in [0.15, 0.2) is 0 Å². The van der Waals surface area contributed by atoms with E-state index in [4.69, 9.17) is 0 Å². The predicted octanol–water partition coefficient (Wildman–Crippen LogP) is 1.84. The Morgan fingerprint density at radius 1 is 1.20 bits per heavy atom. The summed E-state index contributed by atoms with van der Waals surface area (Å²) in [6.45, 7) is 3.65. The van der Waals surface area contributed by atoms with Crippen LogP contribution < -0.4 is 10.0 Å². The molecule has 2 N–H and O–H groups in total. The van der Waals surface area contributed by atoms with E-state index in [1.54, 1.807) is 12.2 Å². The van der Waals surface area contributed by atoms with Gasteiger partial charge < -0.3 is 0 Å². The Morgan fingerprint density at radius 2 is 1.88 bits per heavy atom. The molecule has 2 amide bonds. The molecule has 2 rings (SSSR count). The first-order chi connectivity index (χ1) is 11.7. The lowest BCUT2D eigenvalue weighted by molar-refractivity contribution is -0.125. The highest BCUT2D eigenvalue weighted by Crippen LogP contribution is 2.21. The molecule has 6 nitrogen and oxygen atoms in total. The van der Waals surface area contributed by atoms with E-state index < -0.39 is 15.6 Å². The van der Waals surface area contributed by atoms with Crippen molar-refractivity contribution in [2.24, 2.45) is 5.92 Å². The summed E-state index contributed by atoms with van der Waals surface area (Å²) in [4.78, 5) is 22.5. The Kier molecular flexibility index (Phi) is 6.13. The van der Waals surface area contributed by atoms with Crippen LogP contribution in [0.15, 0.2) is 42.5 Å². The zero-order valence-corrected chi connectivity index (χ0v) is 15.3. The molecule has 0 spiro atoms. The summed E-state index contributed by atoms with van der Waals surface area (Å²) in [5.74, 6) is -0.877. The molecular formula is C18H24N2O4S. The molecule has 0 aromatic heterocycles. The van der Waals surface area contributed by atoms with Gasteiger partial charge in [-0.2, -0.15) is 0 Å². The van der Waals surface area contributed by atoms with E-state index in [1.807, 2.05) is 44.2 Å². The van der Waals surface area contributed by atoms with E-state index in [2.05, 4.69) is 10.0 Å². The SMILES string of the molecule is CC(C)(NS(=O)(=O)CC/C=C/CC1CC(=O)NC1=O)c1ccccc1. The molecule has 1 aliphatic rings. The molecule has 0 aliphatic carbocycles. The highest BCUT2D eigenvalue weighted by atomic mass is 32.2. The number of allylic oxidation sites excluding steroid dienone is 2. The Labute approximate surface area is 148 Å². The highest BCUT2D eigenvalue weighted by Gasteiger charge is 2.29. The van der Waals surface area contributed by atoms with Crippen LogP contribution >= 0.6 is 0 Å². The normalized spacial score (nSPS) is 18.7. The van der Waals surface area contributed by atoms with Gasteiger partial charge in [-0.3, -0.25) is 14.9 Å². The van der Waals surface area contributed by atoms with Crippen LogP contribution in [-0.4, -0.2) is 26.0 Å². The second kappa shape index (κ2) is 7.93. The van der Waals surface area contributed by atoms with Gasteiger partial charge >= 0.3 is 0 Å². The molecule has 7 heteroatoms. The van der Waals surface area contributed by atoms with Crippen molar-refractivity contribution in [3.8, 4) is 0 Å². The zero-order valence-electron chi connectivity index (χ0n) is 14.5. The molecule has 1 aromatic rings. The fourth-order valence-electron chi connectivity index (χ4n) is 2.75. The highest BCUT2D eigenvalue weighted by molar-refractivity contribution is 7.89. The summed E-state index contributed by atoms with van der Waals surface area (Å²) in [7, 11) is -3.44. The van der Waals surface area contributed by atoms with E-state index in [0.29, 0.717) is 12.8 Å². The average molecular weight is 364 g/mol. The van der Waals surface area contributed by atoms with Crippen molar-refractivity contribution in [3.05, 3.63) is 48.0 Å². The van der Waals surface area contributed by atoms with Gasteiger partial charge in [0.05, 0.1) is 17.2 Å². The minimum atomic E-state index is -3.44. The fourth-order valence-corrected chi connectivity index (χ4v) is 4.20. The second-order valence-electron chi connectivity index (χ2n) is 6.72. The molecule has 1 saturated heterocycles. The smallest absolute Gasteiger partial charge is 0.230 e. The van der Waals surface area contributed by atoms with Gasteiger partial charge in [0.1, 0.15) is 0 Å². The standard InChI is InChI=1S/C18H24N2O4S/c1-18(2,15-10-6-3-7-11-15)20-25(23,24)12-8-4-5-9-14-13-16(21)19-17(14)22/h3-7,10-11,14,20H,8-9,12-13H2,1-2H3,(H,19,21,22)/b5-4+. The van der Waals surface area contributed by atoms with Crippen molar-refractivity contribution >= 4 is 21.8 Å². The van der Waals surface area contributed by atoms with Crippen LogP contribution in [0.25, 0.3) is 0 Å². The molecule has 1 fully saturated rings. The van der Waals surface area contributed by atoms with Gasteiger partial charge in [0.25, 0.3) is 0 Å². The van der Waals surface area contributed by atoms with Crippen LogP contribution in [0.3, 0.4) is 0 Å². The quantitative estimate of drug-likeness (QED) is 0.544. The maximum Gasteiger partial charge on any atom is 0.230 e. The lowest BCUT2D eigenvalue weighted by Gasteiger charge is -2.26. The number of hydrogen-bond acceptors (Lipinski definition) is 4. The number of rotatable bonds is 8. The van der Waals surface area contributed by atoms with E-state index in [9.17, 15) is 18.0 Å². The molecule has 0 saturated carbocycles. The topological polar surface area (TPSA) is 92.3 Å². The van der Waals surface area contributed by atoms with Gasteiger partial charge in [-0.05, 0) is 32.3 Å². The minimum absolute atomic E-state index is 0.0322. The van der Waals surface area contributed by atoms with Crippen molar-refractivity contribution in [3.63, 3.8) is 0 Å². The third-order valence-electron chi connectivity index (χ3n) is 4.11. The Hall–Kier alpha value is -1.99. The number of imide groups is 1. The number of benzene rings is 1. The molecule has 1 heterocycles. The van der Waals surface area contributed by atoms with Crippen LogP contribution in [0.5, 0.6) is 0 Å². The van der Waals surface area contributed by atoms with Crippen LogP contribution in [0, 0.1) is 5.92 Å². The summed E-state index contributed by atoms with van der Waals surface area (Å²) in [6.07, 6.45) is 4.50. The lowest BCUT2D eigenvalue weighted by Crippen LogP contribution is -2.42. The fraction of sp³-hybridized carbons (Fsp3) is 0.444. The molecule has 1 aliphatic heterocycles. The number of sulfonamides is 1. The average Bonchev–Trinajstić information content (AvgIpc) is 2.84. The molecular weight excluding hydrogens is 340 g/mol. The summed E-state index contributed by atoms with van der Waals surface area (Å²) in [6, 6.07) is 9.40. The number of carbonyl (C=O) groups is 2. The molecule has 1 unspecified atom stereocenters. The first-order valence-corrected chi connectivity index (χ1v) is 9.91. The third kappa shape index (κ3) is 5.79. The van der Waals surface area contributed by atoms with Crippen molar-refractivity contribution in [1.82, 2.24) is 10.0 Å². The predicted molar refractivity (Wildman–Crippen MR) is 96.0 cm³/mol. The Morgan fingerprint density at radius 3 is 2.48 bits per heavy atom. The minimum Gasteiger partial charge on any atom is -0.296 e. The number of nitrogens with one attached hydrogen (secondary N) is 2. The first-order valence-electron chi connectivity index (χ1n) is 8.25. The summed E-state index contributed by atoms with van der Waals surface area (Å²) < 4.78 is 27.3. The maximum absolute atomic E-state index is 12.3. The summed E-state index contributed by atoms with van der Waals surface area (Å²) in [5, 5.41) is 2.26. The molecule has 1 aromatic carbocycles. The van der Waals surface area contributed by atoms with Crippen LogP contribution in [0.4, 0.5) is 0 Å². The number of carbonyl (C=O) groups excluding carboxylic acids is 2. The van der Waals surface area contributed by atoms with Gasteiger partial charge in [-0.1, -0.05) is 42.5 Å².